The molecule has 6 rings (SSSR count). The molecule has 8 nitrogen and oxygen atoms in total. The van der Waals surface area contributed by atoms with Crippen LogP contribution in [0.25, 0.3) is 10.8 Å². The van der Waals surface area contributed by atoms with E-state index >= 15 is 0 Å². The Morgan fingerprint density at radius 1 is 0.897 bits per heavy atom. The Hall–Kier alpha value is -4.24. The Labute approximate surface area is 226 Å². The van der Waals surface area contributed by atoms with Gasteiger partial charge in [0.2, 0.25) is 11.8 Å². The molecule has 1 amide bonds. The molecule has 0 atom stereocenters. The molecule has 4 aromatic rings. The SMILES string of the molecule is O=C(Nc1ccc(Oc2ccnc(N3CCCCC3)n2)c2ccccc12)c1cc(F)cc(N2CCOCC2)c1. The lowest BCUT2D eigenvalue weighted by atomic mass is 10.1. The fourth-order valence-corrected chi connectivity index (χ4v) is 5.12. The zero-order chi connectivity index (χ0) is 26.6. The molecule has 1 aromatic heterocycles. The summed E-state index contributed by atoms with van der Waals surface area (Å²) >= 11 is 0. The number of piperidine rings is 1. The summed E-state index contributed by atoms with van der Waals surface area (Å²) < 4.78 is 26.1. The number of anilines is 3. The Kier molecular flexibility index (Phi) is 7.23. The highest BCUT2D eigenvalue weighted by Gasteiger charge is 2.18. The van der Waals surface area contributed by atoms with Gasteiger partial charge in [-0.25, -0.2) is 9.37 Å². The predicted octanol–water partition coefficient (Wildman–Crippen LogP) is 5.64. The quantitative estimate of drug-likeness (QED) is 0.348. The molecular formula is C30H30FN5O3. The van der Waals surface area contributed by atoms with Gasteiger partial charge < -0.3 is 24.6 Å². The first-order valence-electron chi connectivity index (χ1n) is 13.4. The Morgan fingerprint density at radius 3 is 2.51 bits per heavy atom. The standard InChI is InChI=1S/C30H30FN5O3/c31-22-18-21(19-23(20-22)35-14-16-38-17-15-35)29(37)33-26-8-9-27(25-7-3-2-6-24(25)26)39-28-10-11-32-30(34-28)36-12-4-1-5-13-36/h2-3,6-11,18-20H,1,4-5,12-17H2,(H,33,37). The van der Waals surface area contributed by atoms with Crippen LogP contribution in [0.5, 0.6) is 11.6 Å². The lowest BCUT2D eigenvalue weighted by Crippen LogP contribution is -2.36. The van der Waals surface area contributed by atoms with Crippen LogP contribution in [0.2, 0.25) is 0 Å². The second kappa shape index (κ2) is 11.2. The summed E-state index contributed by atoms with van der Waals surface area (Å²) in [6, 6.07) is 17.5. The number of nitrogens with zero attached hydrogens (tertiary/aromatic N) is 4. The molecule has 1 N–H and O–H groups in total. The van der Waals surface area contributed by atoms with Crippen molar-refractivity contribution in [2.24, 2.45) is 0 Å². The number of morpholine rings is 1. The van der Waals surface area contributed by atoms with E-state index in [1.807, 2.05) is 35.2 Å². The van der Waals surface area contributed by atoms with Crippen molar-refractivity contribution in [1.29, 1.82) is 0 Å². The molecule has 0 unspecified atom stereocenters. The molecule has 200 valence electrons. The third-order valence-electron chi connectivity index (χ3n) is 7.12. The van der Waals surface area contributed by atoms with E-state index in [-0.39, 0.29) is 11.5 Å². The van der Waals surface area contributed by atoms with E-state index in [4.69, 9.17) is 9.47 Å². The van der Waals surface area contributed by atoms with Crippen LogP contribution in [-0.4, -0.2) is 55.3 Å². The molecule has 0 bridgehead atoms. The van der Waals surface area contributed by atoms with Crippen LogP contribution in [0.15, 0.2) is 66.9 Å². The molecule has 0 saturated carbocycles. The van der Waals surface area contributed by atoms with E-state index in [0.717, 1.165) is 36.7 Å². The molecule has 0 aliphatic carbocycles. The van der Waals surface area contributed by atoms with Gasteiger partial charge in [-0.15, -0.1) is 0 Å². The largest absolute Gasteiger partial charge is 0.438 e. The van der Waals surface area contributed by atoms with Crippen molar-refractivity contribution in [2.45, 2.75) is 19.3 Å². The summed E-state index contributed by atoms with van der Waals surface area (Å²) in [5.74, 6) is 0.915. The average molecular weight is 528 g/mol. The summed E-state index contributed by atoms with van der Waals surface area (Å²) in [5, 5.41) is 4.59. The first-order valence-corrected chi connectivity index (χ1v) is 13.4. The zero-order valence-electron chi connectivity index (χ0n) is 21.6. The van der Waals surface area contributed by atoms with E-state index in [1.165, 1.54) is 18.6 Å². The number of carbonyl (C=O) groups is 1. The second-order valence-corrected chi connectivity index (χ2v) is 9.75. The first-order chi connectivity index (χ1) is 19.1. The minimum Gasteiger partial charge on any atom is -0.438 e. The van der Waals surface area contributed by atoms with Crippen LogP contribution in [0.1, 0.15) is 29.6 Å². The first kappa shape index (κ1) is 25.1. The number of aromatic nitrogens is 2. The summed E-state index contributed by atoms with van der Waals surface area (Å²) in [6.07, 6.45) is 5.22. The number of nitrogens with one attached hydrogen (secondary N) is 1. The van der Waals surface area contributed by atoms with Crippen LogP contribution < -0.4 is 19.9 Å². The van der Waals surface area contributed by atoms with Crippen LogP contribution in [0.3, 0.4) is 0 Å². The number of hydrogen-bond acceptors (Lipinski definition) is 7. The van der Waals surface area contributed by atoms with Gasteiger partial charge in [-0.1, -0.05) is 24.3 Å². The molecule has 0 radical (unpaired) electrons. The third kappa shape index (κ3) is 5.63. The normalized spacial score (nSPS) is 15.8. The number of rotatable bonds is 6. The van der Waals surface area contributed by atoms with Crippen LogP contribution in [-0.2, 0) is 4.74 Å². The molecule has 39 heavy (non-hydrogen) atoms. The fraction of sp³-hybridized carbons (Fsp3) is 0.300. The fourth-order valence-electron chi connectivity index (χ4n) is 5.12. The maximum Gasteiger partial charge on any atom is 0.255 e. The van der Waals surface area contributed by atoms with Crippen molar-refractivity contribution in [3.8, 4) is 11.6 Å². The Balaban J connectivity index is 1.24. The van der Waals surface area contributed by atoms with Gasteiger partial charge >= 0.3 is 0 Å². The van der Waals surface area contributed by atoms with Crippen molar-refractivity contribution in [3.63, 3.8) is 0 Å². The van der Waals surface area contributed by atoms with Gasteiger partial charge in [0.15, 0.2) is 0 Å². The van der Waals surface area contributed by atoms with E-state index in [2.05, 4.69) is 20.2 Å². The number of fused-ring (bicyclic) bond motifs is 1. The average Bonchev–Trinajstić information content (AvgIpc) is 2.99. The smallest absolute Gasteiger partial charge is 0.255 e. The van der Waals surface area contributed by atoms with Crippen LogP contribution in [0.4, 0.5) is 21.7 Å². The third-order valence-corrected chi connectivity index (χ3v) is 7.12. The molecule has 0 spiro atoms. The highest BCUT2D eigenvalue weighted by molar-refractivity contribution is 6.10. The van der Waals surface area contributed by atoms with Crippen molar-refractivity contribution in [1.82, 2.24) is 9.97 Å². The summed E-state index contributed by atoms with van der Waals surface area (Å²) in [5.41, 5.74) is 1.54. The van der Waals surface area contributed by atoms with Crippen molar-refractivity contribution in [2.75, 3.05) is 54.5 Å². The van der Waals surface area contributed by atoms with Gasteiger partial charge in [-0.05, 0) is 49.6 Å². The minimum absolute atomic E-state index is 0.257. The topological polar surface area (TPSA) is 79.8 Å². The maximum absolute atomic E-state index is 14.5. The lowest BCUT2D eigenvalue weighted by molar-refractivity contribution is 0.102. The number of benzene rings is 3. The molecule has 2 saturated heterocycles. The van der Waals surface area contributed by atoms with E-state index in [0.29, 0.717) is 55.3 Å². The number of hydrogen-bond donors (Lipinski definition) is 1. The molecule has 9 heteroatoms. The highest BCUT2D eigenvalue weighted by Crippen LogP contribution is 2.34. The van der Waals surface area contributed by atoms with Crippen LogP contribution >= 0.6 is 0 Å². The minimum atomic E-state index is -0.452. The van der Waals surface area contributed by atoms with Gasteiger partial charge in [-0.3, -0.25) is 4.79 Å². The monoisotopic (exact) mass is 527 g/mol. The molecule has 2 fully saturated rings. The van der Waals surface area contributed by atoms with Crippen LogP contribution in [0, 0.1) is 5.82 Å². The Bertz CT molecular complexity index is 1480. The van der Waals surface area contributed by atoms with Crippen molar-refractivity contribution >= 4 is 34.0 Å². The zero-order valence-corrected chi connectivity index (χ0v) is 21.6. The summed E-state index contributed by atoms with van der Waals surface area (Å²) in [7, 11) is 0. The lowest BCUT2D eigenvalue weighted by Gasteiger charge is -2.29. The van der Waals surface area contributed by atoms with Gasteiger partial charge in [0.25, 0.3) is 5.91 Å². The van der Waals surface area contributed by atoms with Crippen molar-refractivity contribution in [3.05, 3.63) is 78.2 Å². The van der Waals surface area contributed by atoms with Gasteiger partial charge in [0, 0.05) is 66.2 Å². The van der Waals surface area contributed by atoms with Gasteiger partial charge in [0.05, 0.1) is 13.2 Å². The molecular weight excluding hydrogens is 497 g/mol. The van der Waals surface area contributed by atoms with Crippen molar-refractivity contribution < 1.29 is 18.7 Å². The van der Waals surface area contributed by atoms with E-state index in [9.17, 15) is 9.18 Å². The molecule has 3 heterocycles. The van der Waals surface area contributed by atoms with Gasteiger partial charge in [-0.2, -0.15) is 4.98 Å². The second-order valence-electron chi connectivity index (χ2n) is 9.75. The van der Waals surface area contributed by atoms with E-state index < -0.39 is 5.82 Å². The number of halogens is 1. The summed E-state index contributed by atoms with van der Waals surface area (Å²) in [6.45, 7) is 4.35. The predicted molar refractivity (Wildman–Crippen MR) is 150 cm³/mol. The highest BCUT2D eigenvalue weighted by atomic mass is 19.1. The van der Waals surface area contributed by atoms with E-state index in [1.54, 1.807) is 24.4 Å². The molecule has 2 aliphatic rings. The Morgan fingerprint density at radius 2 is 1.69 bits per heavy atom. The summed E-state index contributed by atoms with van der Waals surface area (Å²) in [4.78, 5) is 26.5. The number of amides is 1. The number of carbonyl (C=O) groups excluding carboxylic acids is 1. The molecule has 2 aliphatic heterocycles. The molecule has 3 aromatic carbocycles. The maximum atomic E-state index is 14.5. The number of ether oxygens (including phenoxy) is 2. The van der Waals surface area contributed by atoms with Gasteiger partial charge in [0.1, 0.15) is 11.6 Å².